The minimum absolute atomic E-state index is 0.0249. The van der Waals surface area contributed by atoms with Crippen molar-refractivity contribution in [3.8, 4) is 5.69 Å². The largest absolute Gasteiger partial charge is 0.353 e. The lowest BCUT2D eigenvalue weighted by molar-refractivity contribution is -0.119. The molecule has 1 aromatic carbocycles. The molecule has 1 unspecified atom stereocenters. The second kappa shape index (κ2) is 7.26. The molecule has 0 saturated heterocycles. The fourth-order valence-corrected chi connectivity index (χ4v) is 2.55. The van der Waals surface area contributed by atoms with E-state index in [0.29, 0.717) is 10.8 Å². The lowest BCUT2D eigenvalue weighted by Gasteiger charge is -2.11. The zero-order valence-electron chi connectivity index (χ0n) is 12.0. The van der Waals surface area contributed by atoms with Crippen molar-refractivity contribution < 1.29 is 9.18 Å². The van der Waals surface area contributed by atoms with E-state index in [1.165, 1.54) is 23.9 Å². The summed E-state index contributed by atoms with van der Waals surface area (Å²) in [5.41, 5.74) is 0.692. The van der Waals surface area contributed by atoms with Crippen molar-refractivity contribution in [2.24, 2.45) is 0 Å². The minimum atomic E-state index is -0.299. The molecule has 0 radical (unpaired) electrons. The van der Waals surface area contributed by atoms with E-state index in [9.17, 15) is 9.18 Å². The number of hydrogen-bond donors (Lipinski definition) is 1. The number of nitrogens with one attached hydrogen (secondary N) is 1. The smallest absolute Gasteiger partial charge is 0.230 e. The normalized spacial score (nSPS) is 12.1. The Morgan fingerprint density at radius 2 is 2.33 bits per heavy atom. The van der Waals surface area contributed by atoms with Crippen molar-refractivity contribution in [3.05, 3.63) is 42.5 Å². The highest BCUT2D eigenvalue weighted by Crippen LogP contribution is 2.20. The molecule has 1 N–H and O–H groups in total. The fourth-order valence-electron chi connectivity index (χ4n) is 1.77. The summed E-state index contributed by atoms with van der Waals surface area (Å²) in [7, 11) is 0. The molecule has 4 nitrogen and oxygen atoms in total. The zero-order chi connectivity index (χ0) is 15.2. The van der Waals surface area contributed by atoms with Gasteiger partial charge in [-0.15, -0.1) is 0 Å². The van der Waals surface area contributed by atoms with Crippen LogP contribution in [0.2, 0.25) is 0 Å². The van der Waals surface area contributed by atoms with E-state index in [0.717, 1.165) is 6.42 Å². The predicted octanol–water partition coefficient (Wildman–Crippen LogP) is 3.02. The monoisotopic (exact) mass is 307 g/mol. The molecule has 1 atom stereocenters. The maximum Gasteiger partial charge on any atom is 0.230 e. The standard InChI is InChI=1S/C15H18FN3OS/c1-3-11(2)18-14(20)10-21-15-17-7-8-19(15)13-6-4-5-12(16)9-13/h4-9,11H,3,10H2,1-2H3,(H,18,20). The summed E-state index contributed by atoms with van der Waals surface area (Å²) < 4.78 is 15.1. The summed E-state index contributed by atoms with van der Waals surface area (Å²) in [6, 6.07) is 6.45. The number of rotatable bonds is 6. The van der Waals surface area contributed by atoms with Crippen LogP contribution in [0.4, 0.5) is 4.39 Å². The lowest BCUT2D eigenvalue weighted by atomic mass is 10.3. The Kier molecular flexibility index (Phi) is 5.38. The minimum Gasteiger partial charge on any atom is -0.353 e. The Morgan fingerprint density at radius 3 is 3.05 bits per heavy atom. The van der Waals surface area contributed by atoms with Crippen LogP contribution >= 0.6 is 11.8 Å². The molecule has 6 heteroatoms. The van der Waals surface area contributed by atoms with Crippen LogP contribution in [-0.4, -0.2) is 27.3 Å². The number of thioether (sulfide) groups is 1. The maximum absolute atomic E-state index is 13.3. The third-order valence-corrected chi connectivity index (χ3v) is 4.01. The number of halogens is 1. The lowest BCUT2D eigenvalue weighted by Crippen LogP contribution is -2.33. The van der Waals surface area contributed by atoms with Gasteiger partial charge in [-0.3, -0.25) is 9.36 Å². The zero-order valence-corrected chi connectivity index (χ0v) is 12.9. The number of hydrogen-bond acceptors (Lipinski definition) is 3. The van der Waals surface area contributed by atoms with Gasteiger partial charge in [-0.05, 0) is 31.5 Å². The van der Waals surface area contributed by atoms with Crippen LogP contribution in [0.25, 0.3) is 5.69 Å². The Labute approximate surface area is 127 Å². The average molecular weight is 307 g/mol. The molecule has 112 valence electrons. The van der Waals surface area contributed by atoms with Crippen LogP contribution in [0.1, 0.15) is 20.3 Å². The molecule has 21 heavy (non-hydrogen) atoms. The summed E-state index contributed by atoms with van der Waals surface area (Å²) in [6.45, 7) is 3.99. The van der Waals surface area contributed by atoms with E-state index in [4.69, 9.17) is 0 Å². The number of benzene rings is 1. The Bertz CT molecular complexity index is 614. The molecule has 0 aliphatic rings. The van der Waals surface area contributed by atoms with E-state index >= 15 is 0 Å². The van der Waals surface area contributed by atoms with Crippen LogP contribution < -0.4 is 5.32 Å². The van der Waals surface area contributed by atoms with Gasteiger partial charge in [-0.1, -0.05) is 24.8 Å². The molecule has 0 spiro atoms. The molecule has 2 rings (SSSR count). The highest BCUT2D eigenvalue weighted by molar-refractivity contribution is 7.99. The quantitative estimate of drug-likeness (QED) is 0.835. The first-order chi connectivity index (χ1) is 10.1. The second-order valence-electron chi connectivity index (χ2n) is 4.73. The molecule has 1 amide bonds. The number of imidazole rings is 1. The van der Waals surface area contributed by atoms with E-state index in [2.05, 4.69) is 10.3 Å². The van der Waals surface area contributed by atoms with Crippen LogP contribution in [0.5, 0.6) is 0 Å². The first-order valence-corrected chi connectivity index (χ1v) is 7.80. The van der Waals surface area contributed by atoms with Gasteiger partial charge in [0, 0.05) is 18.4 Å². The van der Waals surface area contributed by atoms with E-state index < -0.39 is 0 Å². The Balaban J connectivity index is 2.03. The maximum atomic E-state index is 13.3. The van der Waals surface area contributed by atoms with Gasteiger partial charge < -0.3 is 5.32 Å². The average Bonchev–Trinajstić information content (AvgIpc) is 2.93. The fraction of sp³-hybridized carbons (Fsp3) is 0.333. The van der Waals surface area contributed by atoms with Gasteiger partial charge in [0.2, 0.25) is 5.91 Å². The van der Waals surface area contributed by atoms with Crippen LogP contribution in [-0.2, 0) is 4.79 Å². The second-order valence-corrected chi connectivity index (χ2v) is 5.67. The van der Waals surface area contributed by atoms with Crippen molar-refractivity contribution in [1.29, 1.82) is 0 Å². The Hall–Kier alpha value is -1.82. The van der Waals surface area contributed by atoms with E-state index in [1.54, 1.807) is 29.1 Å². The molecule has 0 bridgehead atoms. The molecular weight excluding hydrogens is 289 g/mol. The third kappa shape index (κ3) is 4.32. The van der Waals surface area contributed by atoms with E-state index in [-0.39, 0.29) is 23.5 Å². The highest BCUT2D eigenvalue weighted by atomic mass is 32.2. The molecule has 1 aromatic heterocycles. The molecule has 0 aliphatic heterocycles. The molecule has 1 heterocycles. The van der Waals surface area contributed by atoms with E-state index in [1.807, 2.05) is 13.8 Å². The van der Waals surface area contributed by atoms with Gasteiger partial charge >= 0.3 is 0 Å². The van der Waals surface area contributed by atoms with Crippen LogP contribution in [0, 0.1) is 5.82 Å². The van der Waals surface area contributed by atoms with Gasteiger partial charge in [-0.25, -0.2) is 9.37 Å². The first-order valence-electron chi connectivity index (χ1n) is 6.81. The molecule has 2 aromatic rings. The topological polar surface area (TPSA) is 46.9 Å². The van der Waals surface area contributed by atoms with Gasteiger partial charge in [0.25, 0.3) is 0 Å². The summed E-state index contributed by atoms with van der Waals surface area (Å²) in [5, 5.41) is 3.57. The third-order valence-electron chi connectivity index (χ3n) is 3.05. The van der Waals surface area contributed by atoms with Crippen molar-refractivity contribution in [3.63, 3.8) is 0 Å². The number of nitrogens with zero attached hydrogens (tertiary/aromatic N) is 2. The molecule has 0 aliphatic carbocycles. The summed E-state index contributed by atoms with van der Waals surface area (Å²) in [4.78, 5) is 16.0. The molecule has 0 saturated carbocycles. The number of carbonyl (C=O) groups excluding carboxylic acids is 1. The highest BCUT2D eigenvalue weighted by Gasteiger charge is 2.10. The van der Waals surface area contributed by atoms with Crippen LogP contribution in [0.15, 0.2) is 41.8 Å². The van der Waals surface area contributed by atoms with Gasteiger partial charge in [-0.2, -0.15) is 0 Å². The molecule has 0 fully saturated rings. The van der Waals surface area contributed by atoms with Crippen molar-refractivity contribution in [1.82, 2.24) is 14.9 Å². The predicted molar refractivity (Wildman–Crippen MR) is 82.1 cm³/mol. The number of aromatic nitrogens is 2. The summed E-state index contributed by atoms with van der Waals surface area (Å²) in [6.07, 6.45) is 4.29. The number of carbonyl (C=O) groups is 1. The SMILES string of the molecule is CCC(C)NC(=O)CSc1nccn1-c1cccc(F)c1. The van der Waals surface area contributed by atoms with Crippen LogP contribution in [0.3, 0.4) is 0 Å². The number of amides is 1. The van der Waals surface area contributed by atoms with Crippen molar-refractivity contribution in [2.75, 3.05) is 5.75 Å². The first kappa shape index (κ1) is 15.6. The van der Waals surface area contributed by atoms with Crippen molar-refractivity contribution in [2.45, 2.75) is 31.5 Å². The van der Waals surface area contributed by atoms with Gasteiger partial charge in [0.1, 0.15) is 5.82 Å². The van der Waals surface area contributed by atoms with Gasteiger partial charge in [0.15, 0.2) is 5.16 Å². The molecular formula is C15H18FN3OS. The van der Waals surface area contributed by atoms with Gasteiger partial charge in [0.05, 0.1) is 11.4 Å². The van der Waals surface area contributed by atoms with Crippen molar-refractivity contribution >= 4 is 17.7 Å². The summed E-state index contributed by atoms with van der Waals surface area (Å²) in [5.74, 6) is -0.0359. The Morgan fingerprint density at radius 1 is 1.52 bits per heavy atom. The summed E-state index contributed by atoms with van der Waals surface area (Å²) >= 11 is 1.33.